The van der Waals surface area contributed by atoms with Gasteiger partial charge in [-0.15, -0.1) is 0 Å². The van der Waals surface area contributed by atoms with Crippen LogP contribution < -0.4 is 5.32 Å². The molecule has 6 nitrogen and oxygen atoms in total. The fourth-order valence-corrected chi connectivity index (χ4v) is 3.56. The van der Waals surface area contributed by atoms with E-state index in [9.17, 15) is 20.2 Å². The van der Waals surface area contributed by atoms with E-state index in [-0.39, 0.29) is 11.3 Å². The van der Waals surface area contributed by atoms with Crippen molar-refractivity contribution in [1.29, 1.82) is 5.26 Å². The lowest BCUT2D eigenvalue weighted by Crippen LogP contribution is -2.47. The lowest BCUT2D eigenvalue weighted by molar-refractivity contribution is -0.384. The van der Waals surface area contributed by atoms with E-state index in [0.717, 1.165) is 5.75 Å². The number of non-ortho nitro benzene ring substituents is 1. The third-order valence-corrected chi connectivity index (χ3v) is 4.88. The highest BCUT2D eigenvalue weighted by atomic mass is 79.9. The average Bonchev–Trinajstić information content (AvgIpc) is 2.88. The number of nitriles is 1. The second-order valence-corrected chi connectivity index (χ2v) is 6.33. The number of nitro groups is 1. The standard InChI is InChI=1S/C12H10BrN3O3S/c13-10-2-1-8(16(18)19)5-9(10)11(17)15-12(6-14)3-4-20-7-12/h1-2,5H,3-4,7H2,(H,15,17). The van der Waals surface area contributed by atoms with Crippen LogP contribution in [0, 0.1) is 21.4 Å². The van der Waals surface area contributed by atoms with Crippen molar-refractivity contribution in [3.63, 3.8) is 0 Å². The van der Waals surface area contributed by atoms with Crippen LogP contribution in [0.3, 0.4) is 0 Å². The molecule has 104 valence electrons. The van der Waals surface area contributed by atoms with Crippen molar-refractivity contribution < 1.29 is 9.72 Å². The first kappa shape index (κ1) is 14.8. The molecule has 0 saturated carbocycles. The second kappa shape index (κ2) is 5.81. The summed E-state index contributed by atoms with van der Waals surface area (Å²) in [5.41, 5.74) is -0.887. The van der Waals surface area contributed by atoms with Gasteiger partial charge in [-0.3, -0.25) is 14.9 Å². The molecule has 1 heterocycles. The van der Waals surface area contributed by atoms with E-state index >= 15 is 0 Å². The molecule has 0 bridgehead atoms. The Bertz CT molecular complexity index is 608. The summed E-state index contributed by atoms with van der Waals surface area (Å²) < 4.78 is 0.458. The number of nitrogens with zero attached hydrogens (tertiary/aromatic N) is 2. The van der Waals surface area contributed by atoms with Gasteiger partial charge >= 0.3 is 0 Å². The van der Waals surface area contributed by atoms with E-state index < -0.39 is 16.4 Å². The Morgan fingerprint density at radius 2 is 2.35 bits per heavy atom. The van der Waals surface area contributed by atoms with Crippen LogP contribution in [0.1, 0.15) is 16.8 Å². The predicted octanol–water partition coefficient (Wildman–Crippen LogP) is 2.49. The maximum absolute atomic E-state index is 12.2. The van der Waals surface area contributed by atoms with Crippen molar-refractivity contribution >= 4 is 39.3 Å². The highest BCUT2D eigenvalue weighted by Gasteiger charge is 2.36. The number of benzene rings is 1. The van der Waals surface area contributed by atoms with Gasteiger partial charge in [0.25, 0.3) is 11.6 Å². The number of halogens is 1. The summed E-state index contributed by atoms with van der Waals surface area (Å²) in [5.74, 6) is 0.857. The fourth-order valence-electron chi connectivity index (χ4n) is 1.87. The summed E-state index contributed by atoms with van der Waals surface area (Å²) in [6.45, 7) is 0. The van der Waals surface area contributed by atoms with Gasteiger partial charge < -0.3 is 5.32 Å². The first-order valence-corrected chi connectivity index (χ1v) is 7.68. The number of thioether (sulfide) groups is 1. The number of nitrogens with one attached hydrogen (secondary N) is 1. The highest BCUT2D eigenvalue weighted by molar-refractivity contribution is 9.10. The summed E-state index contributed by atoms with van der Waals surface area (Å²) in [7, 11) is 0. The minimum Gasteiger partial charge on any atom is -0.333 e. The molecule has 1 N–H and O–H groups in total. The van der Waals surface area contributed by atoms with Crippen molar-refractivity contribution in [3.8, 4) is 6.07 Å². The number of rotatable bonds is 3. The molecular weight excluding hydrogens is 346 g/mol. The SMILES string of the molecule is N#CC1(NC(=O)c2cc([N+](=O)[O-])ccc2Br)CCSC1. The zero-order valence-corrected chi connectivity index (χ0v) is 12.7. The zero-order valence-electron chi connectivity index (χ0n) is 10.3. The normalized spacial score (nSPS) is 21.2. The monoisotopic (exact) mass is 355 g/mol. The van der Waals surface area contributed by atoms with Gasteiger partial charge in [-0.2, -0.15) is 17.0 Å². The number of amides is 1. The number of hydrogen-bond donors (Lipinski definition) is 1. The van der Waals surface area contributed by atoms with E-state index in [0.29, 0.717) is 16.6 Å². The van der Waals surface area contributed by atoms with Crippen LogP contribution in [-0.4, -0.2) is 27.9 Å². The molecule has 0 radical (unpaired) electrons. The van der Waals surface area contributed by atoms with Gasteiger partial charge in [0.05, 0.1) is 16.6 Å². The van der Waals surface area contributed by atoms with Gasteiger partial charge in [0.2, 0.25) is 0 Å². The van der Waals surface area contributed by atoms with E-state index in [1.54, 1.807) is 11.8 Å². The molecule has 1 amide bonds. The van der Waals surface area contributed by atoms with Gasteiger partial charge in [-0.1, -0.05) is 0 Å². The van der Waals surface area contributed by atoms with Crippen LogP contribution in [-0.2, 0) is 0 Å². The number of nitro benzene ring substituents is 1. The maximum Gasteiger partial charge on any atom is 0.270 e. The minimum atomic E-state index is -0.883. The Morgan fingerprint density at radius 1 is 1.60 bits per heavy atom. The molecule has 0 spiro atoms. The summed E-state index contributed by atoms with van der Waals surface area (Å²) in [5, 5.41) is 22.7. The topological polar surface area (TPSA) is 96.0 Å². The molecule has 1 fully saturated rings. The summed E-state index contributed by atoms with van der Waals surface area (Å²) in [4.78, 5) is 22.4. The average molecular weight is 356 g/mol. The van der Waals surface area contributed by atoms with Crippen LogP contribution in [0.25, 0.3) is 0 Å². The number of carbonyl (C=O) groups is 1. The second-order valence-electron chi connectivity index (χ2n) is 4.37. The van der Waals surface area contributed by atoms with Crippen molar-refractivity contribution in [2.45, 2.75) is 12.0 Å². The molecule has 1 atom stereocenters. The number of hydrogen-bond acceptors (Lipinski definition) is 5. The van der Waals surface area contributed by atoms with Crippen LogP contribution in [0.5, 0.6) is 0 Å². The lowest BCUT2D eigenvalue weighted by atomic mass is 10.0. The van der Waals surface area contributed by atoms with Crippen LogP contribution in [0.4, 0.5) is 5.69 Å². The predicted molar refractivity (Wildman–Crippen MR) is 78.5 cm³/mol. The largest absolute Gasteiger partial charge is 0.333 e. The third-order valence-electron chi connectivity index (χ3n) is 2.99. The van der Waals surface area contributed by atoms with Gasteiger partial charge in [0, 0.05) is 22.4 Å². The first-order valence-electron chi connectivity index (χ1n) is 5.73. The smallest absolute Gasteiger partial charge is 0.270 e. The third kappa shape index (κ3) is 2.94. The van der Waals surface area contributed by atoms with E-state index in [1.807, 2.05) is 0 Å². The molecule has 0 aliphatic carbocycles. The quantitative estimate of drug-likeness (QED) is 0.663. The molecule has 1 aromatic rings. The Hall–Kier alpha value is -1.59. The van der Waals surface area contributed by atoms with Gasteiger partial charge in [0.15, 0.2) is 0 Å². The van der Waals surface area contributed by atoms with Crippen molar-refractivity contribution in [2.24, 2.45) is 0 Å². The molecule has 2 rings (SSSR count). The molecule has 8 heteroatoms. The molecule has 1 aliphatic rings. The first-order chi connectivity index (χ1) is 9.47. The zero-order chi connectivity index (χ0) is 14.8. The molecule has 1 saturated heterocycles. The molecule has 1 aliphatic heterocycles. The fraction of sp³-hybridized carbons (Fsp3) is 0.333. The number of carbonyl (C=O) groups excluding carboxylic acids is 1. The molecule has 1 aromatic carbocycles. The van der Waals surface area contributed by atoms with E-state index in [1.165, 1.54) is 18.2 Å². The van der Waals surface area contributed by atoms with Crippen molar-refractivity contribution in [2.75, 3.05) is 11.5 Å². The van der Waals surface area contributed by atoms with E-state index in [2.05, 4.69) is 27.3 Å². The molecule has 0 aromatic heterocycles. The maximum atomic E-state index is 12.2. The van der Waals surface area contributed by atoms with Gasteiger partial charge in [-0.25, -0.2) is 0 Å². The molecule has 20 heavy (non-hydrogen) atoms. The Balaban J connectivity index is 2.27. The van der Waals surface area contributed by atoms with Crippen LogP contribution in [0.15, 0.2) is 22.7 Å². The van der Waals surface area contributed by atoms with Gasteiger partial charge in [0.1, 0.15) is 5.54 Å². The molecule has 1 unspecified atom stereocenters. The lowest BCUT2D eigenvalue weighted by Gasteiger charge is -2.21. The Labute approximate surface area is 127 Å². The van der Waals surface area contributed by atoms with Gasteiger partial charge in [-0.05, 0) is 34.2 Å². The van der Waals surface area contributed by atoms with Crippen molar-refractivity contribution in [1.82, 2.24) is 5.32 Å². The van der Waals surface area contributed by atoms with E-state index in [4.69, 9.17) is 0 Å². The highest BCUT2D eigenvalue weighted by Crippen LogP contribution is 2.29. The summed E-state index contributed by atoms with van der Waals surface area (Å²) >= 11 is 4.80. The Kier molecular flexibility index (Phi) is 4.30. The summed E-state index contributed by atoms with van der Waals surface area (Å²) in [6, 6.07) is 6.10. The summed E-state index contributed by atoms with van der Waals surface area (Å²) in [6.07, 6.45) is 0.576. The minimum absolute atomic E-state index is 0.158. The van der Waals surface area contributed by atoms with Crippen LogP contribution >= 0.6 is 27.7 Å². The van der Waals surface area contributed by atoms with Crippen molar-refractivity contribution in [3.05, 3.63) is 38.3 Å². The Morgan fingerprint density at radius 3 is 2.90 bits per heavy atom. The molecular formula is C12H10BrN3O3S. The van der Waals surface area contributed by atoms with Crippen LogP contribution in [0.2, 0.25) is 0 Å².